The summed E-state index contributed by atoms with van der Waals surface area (Å²) < 4.78 is 5.30. The van der Waals surface area contributed by atoms with Crippen LogP contribution in [-0.4, -0.2) is 28.2 Å². The second kappa shape index (κ2) is 5.14. The fourth-order valence-corrected chi connectivity index (χ4v) is 2.04. The van der Waals surface area contributed by atoms with E-state index in [1.54, 1.807) is 14.0 Å². The highest BCUT2D eigenvalue weighted by Gasteiger charge is 2.14. The number of carboxylic acid groups (broad SMARTS) is 1. The lowest BCUT2D eigenvalue weighted by Gasteiger charge is -2.08. The molecule has 0 bridgehead atoms. The Morgan fingerprint density at radius 1 is 1.42 bits per heavy atom. The van der Waals surface area contributed by atoms with Gasteiger partial charge in [0.2, 0.25) is 0 Å². The van der Waals surface area contributed by atoms with Crippen LogP contribution in [-0.2, 0) is 6.42 Å². The van der Waals surface area contributed by atoms with Gasteiger partial charge < -0.3 is 14.8 Å². The number of nitrogens with zero attached hydrogens (tertiary/aromatic N) is 1. The molecule has 0 unspecified atom stereocenters. The van der Waals surface area contributed by atoms with Crippen LogP contribution in [0.2, 0.25) is 0 Å². The standard InChI is InChI=1S/C14H16N2O3/c1-8-4-5-11(19-3)10(6-8)7-12-15-9(2)13(16-12)14(17)18/h4-6H,7H2,1-3H3,(H,15,16)(H,17,18). The lowest BCUT2D eigenvalue weighted by atomic mass is 10.1. The van der Waals surface area contributed by atoms with Crippen LogP contribution >= 0.6 is 0 Å². The number of H-pyrrole nitrogens is 1. The third kappa shape index (κ3) is 2.76. The van der Waals surface area contributed by atoms with E-state index in [-0.39, 0.29) is 5.69 Å². The van der Waals surface area contributed by atoms with E-state index in [0.29, 0.717) is 17.9 Å². The summed E-state index contributed by atoms with van der Waals surface area (Å²) in [5.41, 5.74) is 2.74. The molecule has 0 aliphatic carbocycles. The molecular weight excluding hydrogens is 244 g/mol. The van der Waals surface area contributed by atoms with E-state index >= 15 is 0 Å². The smallest absolute Gasteiger partial charge is 0.356 e. The maximum atomic E-state index is 11.0. The van der Waals surface area contributed by atoms with Crippen LogP contribution in [0.25, 0.3) is 0 Å². The minimum Gasteiger partial charge on any atom is -0.496 e. The van der Waals surface area contributed by atoms with Gasteiger partial charge in [-0.05, 0) is 19.9 Å². The van der Waals surface area contributed by atoms with Crippen LogP contribution < -0.4 is 4.74 Å². The molecule has 0 fully saturated rings. The Morgan fingerprint density at radius 3 is 2.74 bits per heavy atom. The molecule has 0 aliphatic heterocycles. The molecule has 1 aromatic carbocycles. The SMILES string of the molecule is COc1ccc(C)cc1Cc1nc(C(=O)O)c(C)[nH]1. The van der Waals surface area contributed by atoms with Gasteiger partial charge in [0.1, 0.15) is 11.6 Å². The number of carboxylic acids is 1. The monoisotopic (exact) mass is 260 g/mol. The lowest BCUT2D eigenvalue weighted by molar-refractivity contribution is 0.0690. The van der Waals surface area contributed by atoms with Crippen LogP contribution in [0.5, 0.6) is 5.75 Å². The molecule has 0 radical (unpaired) electrons. The minimum absolute atomic E-state index is 0.0709. The summed E-state index contributed by atoms with van der Waals surface area (Å²) in [6.45, 7) is 3.70. The number of benzene rings is 1. The molecule has 5 heteroatoms. The summed E-state index contributed by atoms with van der Waals surface area (Å²) in [6.07, 6.45) is 0.513. The van der Waals surface area contributed by atoms with E-state index in [2.05, 4.69) is 9.97 Å². The van der Waals surface area contributed by atoms with Crippen molar-refractivity contribution in [3.8, 4) is 5.75 Å². The van der Waals surface area contributed by atoms with Crippen molar-refractivity contribution in [3.05, 3.63) is 46.5 Å². The molecule has 2 aromatic rings. The number of nitrogens with one attached hydrogen (secondary N) is 1. The number of aromatic carboxylic acids is 1. The second-order valence-electron chi connectivity index (χ2n) is 4.45. The quantitative estimate of drug-likeness (QED) is 0.884. The van der Waals surface area contributed by atoms with Gasteiger partial charge in [-0.15, -0.1) is 0 Å². The van der Waals surface area contributed by atoms with E-state index < -0.39 is 5.97 Å². The molecular formula is C14H16N2O3. The summed E-state index contributed by atoms with van der Waals surface area (Å²) in [7, 11) is 1.62. The lowest BCUT2D eigenvalue weighted by Crippen LogP contribution is -1.99. The first kappa shape index (κ1) is 13.1. The topological polar surface area (TPSA) is 75.2 Å². The number of imidazole rings is 1. The molecule has 0 spiro atoms. The van der Waals surface area contributed by atoms with E-state index in [0.717, 1.165) is 16.9 Å². The van der Waals surface area contributed by atoms with Crippen molar-refractivity contribution in [1.29, 1.82) is 0 Å². The second-order valence-corrected chi connectivity index (χ2v) is 4.45. The van der Waals surface area contributed by atoms with Crippen molar-refractivity contribution in [2.24, 2.45) is 0 Å². The molecule has 2 N–H and O–H groups in total. The fraction of sp³-hybridized carbons (Fsp3) is 0.286. The predicted octanol–water partition coefficient (Wildman–Crippen LogP) is 2.32. The molecule has 0 saturated heterocycles. The summed E-state index contributed by atoms with van der Waals surface area (Å²) in [5, 5.41) is 8.98. The molecule has 0 saturated carbocycles. The Bertz CT molecular complexity index is 617. The first-order valence-electron chi connectivity index (χ1n) is 5.93. The van der Waals surface area contributed by atoms with Crippen LogP contribution in [0.4, 0.5) is 0 Å². The summed E-state index contributed by atoms with van der Waals surface area (Å²) in [4.78, 5) is 18.1. The Morgan fingerprint density at radius 2 is 2.16 bits per heavy atom. The molecule has 1 heterocycles. The molecule has 19 heavy (non-hydrogen) atoms. The fourth-order valence-electron chi connectivity index (χ4n) is 2.04. The van der Waals surface area contributed by atoms with E-state index in [9.17, 15) is 4.79 Å². The highest BCUT2D eigenvalue weighted by atomic mass is 16.5. The van der Waals surface area contributed by atoms with Crippen molar-refractivity contribution in [2.75, 3.05) is 7.11 Å². The van der Waals surface area contributed by atoms with Crippen molar-refractivity contribution < 1.29 is 14.6 Å². The van der Waals surface area contributed by atoms with Crippen LogP contribution in [0.15, 0.2) is 18.2 Å². The van der Waals surface area contributed by atoms with Gasteiger partial charge >= 0.3 is 5.97 Å². The normalized spacial score (nSPS) is 10.5. The van der Waals surface area contributed by atoms with E-state index in [1.807, 2.05) is 25.1 Å². The van der Waals surface area contributed by atoms with Gasteiger partial charge in [-0.2, -0.15) is 0 Å². The first-order chi connectivity index (χ1) is 9.01. The van der Waals surface area contributed by atoms with Crippen molar-refractivity contribution in [3.63, 3.8) is 0 Å². The average Bonchev–Trinajstić information content (AvgIpc) is 2.71. The third-order valence-corrected chi connectivity index (χ3v) is 2.93. The Kier molecular flexibility index (Phi) is 3.55. The molecule has 5 nitrogen and oxygen atoms in total. The van der Waals surface area contributed by atoms with Crippen LogP contribution in [0.3, 0.4) is 0 Å². The van der Waals surface area contributed by atoms with Gasteiger partial charge in [0, 0.05) is 17.7 Å². The number of aromatic nitrogens is 2. The molecule has 1 aromatic heterocycles. The van der Waals surface area contributed by atoms with Crippen molar-refractivity contribution >= 4 is 5.97 Å². The zero-order valence-electron chi connectivity index (χ0n) is 11.2. The first-order valence-corrected chi connectivity index (χ1v) is 5.93. The number of methoxy groups -OCH3 is 1. The zero-order chi connectivity index (χ0) is 14.0. The zero-order valence-corrected chi connectivity index (χ0v) is 11.2. The minimum atomic E-state index is -1.02. The maximum Gasteiger partial charge on any atom is 0.356 e. The number of ether oxygens (including phenoxy) is 1. The van der Waals surface area contributed by atoms with Gasteiger partial charge in [-0.1, -0.05) is 17.7 Å². The highest BCUT2D eigenvalue weighted by Crippen LogP contribution is 2.22. The number of carbonyl (C=O) groups is 1. The molecule has 0 atom stereocenters. The summed E-state index contributed by atoms with van der Waals surface area (Å²) in [6, 6.07) is 5.88. The van der Waals surface area contributed by atoms with Crippen LogP contribution in [0, 0.1) is 13.8 Å². The summed E-state index contributed by atoms with van der Waals surface area (Å²) >= 11 is 0. The van der Waals surface area contributed by atoms with Gasteiger partial charge in [-0.25, -0.2) is 9.78 Å². The number of aromatic amines is 1. The van der Waals surface area contributed by atoms with E-state index in [4.69, 9.17) is 9.84 Å². The Labute approximate surface area is 111 Å². The third-order valence-electron chi connectivity index (χ3n) is 2.93. The molecule has 0 aliphatic rings. The summed E-state index contributed by atoms with van der Waals surface area (Å²) in [5.74, 6) is 0.381. The highest BCUT2D eigenvalue weighted by molar-refractivity contribution is 5.86. The number of rotatable bonds is 4. The Balaban J connectivity index is 2.33. The Hall–Kier alpha value is -2.30. The van der Waals surface area contributed by atoms with Crippen LogP contribution in [0.1, 0.15) is 33.1 Å². The molecule has 0 amide bonds. The predicted molar refractivity (Wildman–Crippen MR) is 70.8 cm³/mol. The number of hydrogen-bond acceptors (Lipinski definition) is 3. The number of aryl methyl sites for hydroxylation is 2. The van der Waals surface area contributed by atoms with Gasteiger partial charge in [0.15, 0.2) is 5.69 Å². The van der Waals surface area contributed by atoms with E-state index in [1.165, 1.54) is 0 Å². The largest absolute Gasteiger partial charge is 0.496 e. The maximum absolute atomic E-state index is 11.0. The number of hydrogen-bond donors (Lipinski definition) is 2. The van der Waals surface area contributed by atoms with Gasteiger partial charge in [0.25, 0.3) is 0 Å². The van der Waals surface area contributed by atoms with Crippen molar-refractivity contribution in [2.45, 2.75) is 20.3 Å². The van der Waals surface area contributed by atoms with Gasteiger partial charge in [0.05, 0.1) is 7.11 Å². The van der Waals surface area contributed by atoms with Gasteiger partial charge in [-0.3, -0.25) is 0 Å². The average molecular weight is 260 g/mol. The van der Waals surface area contributed by atoms with Crippen molar-refractivity contribution in [1.82, 2.24) is 9.97 Å². The molecule has 100 valence electrons. The molecule has 2 rings (SSSR count).